The normalized spacial score (nSPS) is 11.5. The quantitative estimate of drug-likeness (QED) is 0.512. The molecule has 2 rings (SSSR count). The summed E-state index contributed by atoms with van der Waals surface area (Å²) >= 11 is 0. The molecule has 0 radical (unpaired) electrons. The first kappa shape index (κ1) is 22.9. The summed E-state index contributed by atoms with van der Waals surface area (Å²) in [5.74, 6) is -2.53. The minimum Gasteiger partial charge on any atom is -0.507 e. The molecule has 3 N–H and O–H groups in total. The minimum atomic E-state index is -1.08. The van der Waals surface area contributed by atoms with E-state index >= 15 is 0 Å². The molecule has 160 valence electrons. The maximum absolute atomic E-state index is 13.5. The Morgan fingerprint density at radius 1 is 1.10 bits per heavy atom. The van der Waals surface area contributed by atoms with Crippen molar-refractivity contribution in [1.29, 1.82) is 0 Å². The number of halogens is 1. The van der Waals surface area contributed by atoms with E-state index in [0.29, 0.717) is 17.5 Å². The Morgan fingerprint density at radius 2 is 1.80 bits per heavy atom. The number of hydrogen-bond acceptors (Lipinski definition) is 5. The van der Waals surface area contributed by atoms with Gasteiger partial charge in [0.15, 0.2) is 0 Å². The number of nitrogens with one attached hydrogen (secondary N) is 1. The van der Waals surface area contributed by atoms with Crippen molar-refractivity contribution < 1.29 is 33.7 Å². The SMILES string of the molecule is CCOC(=O)CC(Cc1ccc(-c2cc(F)ccc2O)cc1)NC(=O)CCC(=O)O. The molecule has 0 heterocycles. The van der Waals surface area contributed by atoms with Crippen LogP contribution in [0.25, 0.3) is 11.1 Å². The number of amides is 1. The Labute approximate surface area is 173 Å². The molecule has 7 nitrogen and oxygen atoms in total. The number of carbonyl (C=O) groups excluding carboxylic acids is 2. The standard InChI is InChI=1S/C22H24FNO6/c1-2-30-22(29)13-17(24-20(26)9-10-21(27)28)11-14-3-5-15(6-4-14)18-12-16(23)7-8-19(18)25/h3-8,12,17,25H,2,9-11,13H2,1H3,(H,24,26)(H,27,28). The van der Waals surface area contributed by atoms with Crippen LogP contribution in [0.5, 0.6) is 5.75 Å². The van der Waals surface area contributed by atoms with Crippen LogP contribution in [0.15, 0.2) is 42.5 Å². The summed E-state index contributed by atoms with van der Waals surface area (Å²) in [4.78, 5) is 34.5. The average molecular weight is 417 g/mol. The molecule has 2 aromatic carbocycles. The topological polar surface area (TPSA) is 113 Å². The molecule has 0 bridgehead atoms. The number of carbonyl (C=O) groups is 3. The molecule has 0 aliphatic heterocycles. The molecular formula is C22H24FNO6. The highest BCUT2D eigenvalue weighted by atomic mass is 19.1. The molecule has 0 spiro atoms. The molecule has 0 saturated carbocycles. The van der Waals surface area contributed by atoms with Crippen LogP contribution in [0, 0.1) is 5.82 Å². The first-order valence-electron chi connectivity index (χ1n) is 9.53. The number of phenolic OH excluding ortho intramolecular Hbond substituents is 1. The Kier molecular flexibility index (Phi) is 8.34. The van der Waals surface area contributed by atoms with E-state index in [1.54, 1.807) is 31.2 Å². The van der Waals surface area contributed by atoms with Crippen molar-refractivity contribution >= 4 is 17.8 Å². The van der Waals surface area contributed by atoms with Gasteiger partial charge in [-0.25, -0.2) is 4.39 Å². The summed E-state index contributed by atoms with van der Waals surface area (Å²) < 4.78 is 18.4. The molecule has 2 aromatic rings. The first-order chi connectivity index (χ1) is 14.3. The zero-order valence-electron chi connectivity index (χ0n) is 16.6. The molecule has 0 fully saturated rings. The van der Waals surface area contributed by atoms with E-state index in [1.807, 2.05) is 0 Å². The highest BCUT2D eigenvalue weighted by Gasteiger charge is 2.19. The second-order valence-corrected chi connectivity index (χ2v) is 6.73. The molecule has 0 aromatic heterocycles. The summed E-state index contributed by atoms with van der Waals surface area (Å²) in [6, 6.07) is 10.0. The molecular weight excluding hydrogens is 393 g/mol. The molecule has 1 amide bonds. The van der Waals surface area contributed by atoms with E-state index in [9.17, 15) is 23.9 Å². The van der Waals surface area contributed by atoms with Gasteiger partial charge in [0.05, 0.1) is 19.4 Å². The number of ether oxygens (including phenoxy) is 1. The molecule has 1 unspecified atom stereocenters. The number of benzene rings is 2. The van der Waals surface area contributed by atoms with Gasteiger partial charge in [0.1, 0.15) is 11.6 Å². The van der Waals surface area contributed by atoms with E-state index < -0.39 is 29.7 Å². The van der Waals surface area contributed by atoms with Gasteiger partial charge < -0.3 is 20.3 Å². The number of carboxylic acid groups (broad SMARTS) is 1. The molecule has 1 atom stereocenters. The largest absolute Gasteiger partial charge is 0.507 e. The average Bonchev–Trinajstić information content (AvgIpc) is 2.69. The Morgan fingerprint density at radius 3 is 2.43 bits per heavy atom. The van der Waals surface area contributed by atoms with Crippen LogP contribution in [0.2, 0.25) is 0 Å². The lowest BCUT2D eigenvalue weighted by Crippen LogP contribution is -2.38. The van der Waals surface area contributed by atoms with Crippen LogP contribution < -0.4 is 5.32 Å². The van der Waals surface area contributed by atoms with Crippen LogP contribution in [-0.4, -0.2) is 40.7 Å². The minimum absolute atomic E-state index is 0.0463. The molecule has 30 heavy (non-hydrogen) atoms. The van der Waals surface area contributed by atoms with Gasteiger partial charge in [0.2, 0.25) is 5.91 Å². The van der Waals surface area contributed by atoms with E-state index in [2.05, 4.69) is 5.32 Å². The van der Waals surface area contributed by atoms with Crippen molar-refractivity contribution in [3.05, 3.63) is 53.8 Å². The van der Waals surface area contributed by atoms with Crippen molar-refractivity contribution in [2.45, 2.75) is 38.6 Å². The lowest BCUT2D eigenvalue weighted by Gasteiger charge is -2.18. The highest BCUT2D eigenvalue weighted by Crippen LogP contribution is 2.30. The first-order valence-corrected chi connectivity index (χ1v) is 9.53. The fraction of sp³-hybridized carbons (Fsp3) is 0.318. The van der Waals surface area contributed by atoms with Crippen LogP contribution in [-0.2, 0) is 25.5 Å². The van der Waals surface area contributed by atoms with Gasteiger partial charge in [0, 0.05) is 18.0 Å². The maximum Gasteiger partial charge on any atom is 0.307 e. The van der Waals surface area contributed by atoms with E-state index in [1.165, 1.54) is 18.2 Å². The van der Waals surface area contributed by atoms with Crippen molar-refractivity contribution in [1.82, 2.24) is 5.32 Å². The van der Waals surface area contributed by atoms with Crippen LogP contribution >= 0.6 is 0 Å². The highest BCUT2D eigenvalue weighted by molar-refractivity contribution is 5.81. The summed E-state index contributed by atoms with van der Waals surface area (Å²) in [5.41, 5.74) is 1.76. The number of phenols is 1. The second kappa shape index (κ2) is 10.9. The van der Waals surface area contributed by atoms with E-state index in [0.717, 1.165) is 5.56 Å². The third-order valence-electron chi connectivity index (χ3n) is 4.36. The van der Waals surface area contributed by atoms with Gasteiger partial charge in [0.25, 0.3) is 0 Å². The monoisotopic (exact) mass is 417 g/mol. The predicted octanol–water partition coefficient (Wildman–Crippen LogP) is 3.04. The van der Waals surface area contributed by atoms with Gasteiger partial charge in [-0.1, -0.05) is 24.3 Å². The predicted molar refractivity (Wildman–Crippen MR) is 107 cm³/mol. The van der Waals surface area contributed by atoms with Crippen LogP contribution in [0.3, 0.4) is 0 Å². The number of hydrogen-bond donors (Lipinski definition) is 3. The number of rotatable bonds is 10. The summed E-state index contributed by atoms with van der Waals surface area (Å²) in [6.45, 7) is 1.89. The lowest BCUT2D eigenvalue weighted by molar-refractivity contribution is -0.144. The van der Waals surface area contributed by atoms with Gasteiger partial charge in [-0.15, -0.1) is 0 Å². The zero-order chi connectivity index (χ0) is 22.1. The van der Waals surface area contributed by atoms with Crippen LogP contribution in [0.1, 0.15) is 31.7 Å². The summed E-state index contributed by atoms with van der Waals surface area (Å²) in [7, 11) is 0. The third kappa shape index (κ3) is 7.20. The molecule has 8 heteroatoms. The lowest BCUT2D eigenvalue weighted by atomic mass is 9.98. The number of carboxylic acids is 1. The van der Waals surface area contributed by atoms with Crippen molar-refractivity contribution in [3.63, 3.8) is 0 Å². The van der Waals surface area contributed by atoms with Gasteiger partial charge >= 0.3 is 11.9 Å². The Hall–Kier alpha value is -3.42. The van der Waals surface area contributed by atoms with Crippen LogP contribution in [0.4, 0.5) is 4.39 Å². The van der Waals surface area contributed by atoms with Gasteiger partial charge in [-0.3, -0.25) is 14.4 Å². The second-order valence-electron chi connectivity index (χ2n) is 6.73. The smallest absolute Gasteiger partial charge is 0.307 e. The Bertz CT molecular complexity index is 897. The van der Waals surface area contributed by atoms with Crippen molar-refractivity contribution in [2.24, 2.45) is 0 Å². The van der Waals surface area contributed by atoms with E-state index in [4.69, 9.17) is 9.84 Å². The van der Waals surface area contributed by atoms with Gasteiger partial charge in [-0.2, -0.15) is 0 Å². The summed E-state index contributed by atoms with van der Waals surface area (Å²) in [5, 5.41) is 21.3. The molecule has 0 aliphatic rings. The van der Waals surface area contributed by atoms with Gasteiger partial charge in [-0.05, 0) is 42.7 Å². The molecule has 0 aliphatic carbocycles. The van der Waals surface area contributed by atoms with E-state index in [-0.39, 0.29) is 31.6 Å². The zero-order valence-corrected chi connectivity index (χ0v) is 16.6. The maximum atomic E-state index is 13.5. The number of aromatic hydroxyl groups is 1. The number of esters is 1. The number of aliphatic carboxylic acids is 1. The Balaban J connectivity index is 2.11. The fourth-order valence-electron chi connectivity index (χ4n) is 2.96. The van der Waals surface area contributed by atoms with Crippen molar-refractivity contribution in [2.75, 3.05) is 6.61 Å². The fourth-order valence-corrected chi connectivity index (χ4v) is 2.96. The molecule has 0 saturated heterocycles. The van der Waals surface area contributed by atoms with Crippen molar-refractivity contribution in [3.8, 4) is 16.9 Å². The summed E-state index contributed by atoms with van der Waals surface area (Å²) in [6.07, 6.45) is -0.234. The third-order valence-corrected chi connectivity index (χ3v) is 4.36.